The highest BCUT2D eigenvalue weighted by Crippen LogP contribution is 2.09. The van der Waals surface area contributed by atoms with Crippen molar-refractivity contribution in [2.75, 3.05) is 0 Å². The van der Waals surface area contributed by atoms with Gasteiger partial charge in [0.25, 0.3) is 0 Å². The van der Waals surface area contributed by atoms with Gasteiger partial charge in [0.15, 0.2) is 0 Å². The Labute approximate surface area is 134 Å². The normalized spacial score (nSPS) is 10.5. The second-order valence-electron chi connectivity index (χ2n) is 5.27. The highest BCUT2D eigenvalue weighted by atomic mass is 16.4. The minimum Gasteiger partial charge on any atom is -0.417 e. The summed E-state index contributed by atoms with van der Waals surface area (Å²) in [5, 5.41) is 10.5. The van der Waals surface area contributed by atoms with E-state index in [9.17, 15) is 4.79 Å². The Bertz CT molecular complexity index is 797. The number of carbonyl (C=O) groups is 1. The number of hydrogen-bond acceptors (Lipinski definition) is 4. The van der Waals surface area contributed by atoms with E-state index >= 15 is 0 Å². The van der Waals surface area contributed by atoms with Crippen molar-refractivity contribution >= 4 is 5.91 Å². The van der Waals surface area contributed by atoms with Crippen molar-refractivity contribution in [2.24, 2.45) is 0 Å². The third kappa shape index (κ3) is 3.83. The Morgan fingerprint density at radius 3 is 2.57 bits per heavy atom. The van der Waals surface area contributed by atoms with Crippen LogP contribution >= 0.6 is 0 Å². The molecule has 23 heavy (non-hydrogen) atoms. The van der Waals surface area contributed by atoms with Crippen LogP contribution in [0.5, 0.6) is 0 Å². The predicted molar refractivity (Wildman–Crippen MR) is 85.9 cm³/mol. The zero-order valence-electron chi connectivity index (χ0n) is 12.8. The second kappa shape index (κ2) is 6.87. The largest absolute Gasteiger partial charge is 0.417 e. The number of hydrogen-bond donors (Lipinski definition) is 1. The van der Waals surface area contributed by atoms with Crippen LogP contribution in [-0.2, 0) is 13.0 Å². The summed E-state index contributed by atoms with van der Waals surface area (Å²) >= 11 is 0. The maximum Gasteiger partial charge on any atom is 0.309 e. The van der Waals surface area contributed by atoms with Crippen LogP contribution in [0.15, 0.2) is 59.0 Å². The van der Waals surface area contributed by atoms with Gasteiger partial charge in [0, 0.05) is 6.54 Å². The molecule has 0 fully saturated rings. The highest BCUT2D eigenvalue weighted by molar-refractivity contribution is 5.89. The first kappa shape index (κ1) is 15.0. The number of amides is 1. The number of nitrogens with zero attached hydrogens (tertiary/aromatic N) is 2. The summed E-state index contributed by atoms with van der Waals surface area (Å²) in [6, 6.07) is 17.7. The quantitative estimate of drug-likeness (QED) is 0.787. The molecule has 1 heterocycles. The Hall–Kier alpha value is -2.95. The molecule has 3 rings (SSSR count). The lowest BCUT2D eigenvalue weighted by molar-refractivity contribution is 0.0914. The van der Waals surface area contributed by atoms with Gasteiger partial charge >= 0.3 is 11.8 Å². The molecule has 3 aromatic rings. The molecule has 116 valence electrons. The molecule has 0 radical (unpaired) electrons. The van der Waals surface area contributed by atoms with Crippen molar-refractivity contribution in [3.05, 3.63) is 83.1 Å². The van der Waals surface area contributed by atoms with Gasteiger partial charge in [-0.25, -0.2) is 0 Å². The minimum absolute atomic E-state index is 0.00971. The van der Waals surface area contributed by atoms with E-state index in [-0.39, 0.29) is 11.8 Å². The van der Waals surface area contributed by atoms with Gasteiger partial charge in [0.2, 0.25) is 5.89 Å². The lowest BCUT2D eigenvalue weighted by Gasteiger charge is -2.05. The molecular weight excluding hydrogens is 290 g/mol. The average Bonchev–Trinajstić information content (AvgIpc) is 3.03. The fraction of sp³-hybridized carbons (Fsp3) is 0.167. The van der Waals surface area contributed by atoms with Crippen molar-refractivity contribution in [3.63, 3.8) is 0 Å². The second-order valence-corrected chi connectivity index (χ2v) is 5.27. The van der Waals surface area contributed by atoms with E-state index < -0.39 is 0 Å². The van der Waals surface area contributed by atoms with E-state index in [4.69, 9.17) is 4.42 Å². The van der Waals surface area contributed by atoms with Gasteiger partial charge in [-0.2, -0.15) is 0 Å². The van der Waals surface area contributed by atoms with Crippen molar-refractivity contribution in [1.29, 1.82) is 0 Å². The van der Waals surface area contributed by atoms with Crippen LogP contribution in [-0.4, -0.2) is 16.1 Å². The molecule has 5 heteroatoms. The van der Waals surface area contributed by atoms with Crippen molar-refractivity contribution in [1.82, 2.24) is 15.5 Å². The van der Waals surface area contributed by atoms with Gasteiger partial charge in [0.05, 0.1) is 6.42 Å². The zero-order chi connectivity index (χ0) is 16.1. The Balaban J connectivity index is 1.61. The van der Waals surface area contributed by atoms with Crippen molar-refractivity contribution in [2.45, 2.75) is 19.9 Å². The molecule has 0 atom stereocenters. The lowest BCUT2D eigenvalue weighted by atomic mass is 10.1. The summed E-state index contributed by atoms with van der Waals surface area (Å²) in [5.74, 6) is 0.0572. The molecule has 0 saturated carbocycles. The molecule has 0 saturated heterocycles. The van der Waals surface area contributed by atoms with E-state index in [0.29, 0.717) is 18.9 Å². The van der Waals surface area contributed by atoms with Crippen LogP contribution in [0.1, 0.15) is 33.3 Å². The first-order chi connectivity index (χ1) is 11.2. The maximum atomic E-state index is 12.1. The van der Waals surface area contributed by atoms with Gasteiger partial charge in [-0.3, -0.25) is 4.79 Å². The Kier molecular flexibility index (Phi) is 4.47. The topological polar surface area (TPSA) is 68.0 Å². The van der Waals surface area contributed by atoms with Crippen LogP contribution in [0.4, 0.5) is 0 Å². The van der Waals surface area contributed by atoms with Gasteiger partial charge in [-0.15, -0.1) is 10.2 Å². The number of benzene rings is 2. The molecule has 2 aromatic carbocycles. The summed E-state index contributed by atoms with van der Waals surface area (Å²) in [5.41, 5.74) is 3.25. The zero-order valence-corrected chi connectivity index (χ0v) is 12.8. The van der Waals surface area contributed by atoms with Crippen LogP contribution in [0.2, 0.25) is 0 Å². The maximum absolute atomic E-state index is 12.1. The van der Waals surface area contributed by atoms with Crippen molar-refractivity contribution < 1.29 is 9.21 Å². The first-order valence-corrected chi connectivity index (χ1v) is 7.41. The molecule has 0 bridgehead atoms. The fourth-order valence-corrected chi connectivity index (χ4v) is 2.25. The molecular formula is C18H17N3O2. The molecule has 0 aliphatic heterocycles. The standard InChI is InChI=1S/C18H17N3O2/c1-13-7-5-6-10-15(13)12-19-17(22)18-21-20-16(23-18)11-14-8-3-2-4-9-14/h2-10H,11-12H2,1H3,(H,19,22). The molecule has 1 N–H and O–H groups in total. The average molecular weight is 307 g/mol. The molecule has 5 nitrogen and oxygen atoms in total. The first-order valence-electron chi connectivity index (χ1n) is 7.41. The third-order valence-electron chi connectivity index (χ3n) is 3.56. The van der Waals surface area contributed by atoms with Gasteiger partial charge in [-0.1, -0.05) is 54.6 Å². The van der Waals surface area contributed by atoms with Crippen LogP contribution in [0.25, 0.3) is 0 Å². The van der Waals surface area contributed by atoms with E-state index in [1.54, 1.807) is 0 Å². The molecule has 1 aromatic heterocycles. The summed E-state index contributed by atoms with van der Waals surface area (Å²) in [4.78, 5) is 12.1. The van der Waals surface area contributed by atoms with E-state index in [1.165, 1.54) is 0 Å². The van der Waals surface area contributed by atoms with Gasteiger partial charge < -0.3 is 9.73 Å². The van der Waals surface area contributed by atoms with E-state index in [1.807, 2.05) is 61.5 Å². The minimum atomic E-state index is -0.361. The number of aromatic nitrogens is 2. The Morgan fingerprint density at radius 1 is 1.04 bits per heavy atom. The smallest absolute Gasteiger partial charge is 0.309 e. The number of nitrogens with one attached hydrogen (secondary N) is 1. The molecule has 1 amide bonds. The fourth-order valence-electron chi connectivity index (χ4n) is 2.25. The van der Waals surface area contributed by atoms with Crippen molar-refractivity contribution in [3.8, 4) is 0 Å². The third-order valence-corrected chi connectivity index (χ3v) is 3.56. The predicted octanol–water partition coefficient (Wildman–Crippen LogP) is 2.90. The number of aryl methyl sites for hydroxylation is 1. The van der Waals surface area contributed by atoms with Gasteiger partial charge in [0.1, 0.15) is 0 Å². The monoisotopic (exact) mass is 307 g/mol. The number of carbonyl (C=O) groups excluding carboxylic acids is 1. The Morgan fingerprint density at radius 2 is 1.78 bits per heavy atom. The van der Waals surface area contributed by atoms with Crippen LogP contribution < -0.4 is 5.32 Å². The summed E-state index contributed by atoms with van der Waals surface area (Å²) in [6.45, 7) is 2.44. The highest BCUT2D eigenvalue weighted by Gasteiger charge is 2.15. The van der Waals surface area contributed by atoms with E-state index in [2.05, 4.69) is 15.5 Å². The van der Waals surface area contributed by atoms with Crippen LogP contribution in [0.3, 0.4) is 0 Å². The van der Waals surface area contributed by atoms with Crippen LogP contribution in [0, 0.1) is 6.92 Å². The van der Waals surface area contributed by atoms with Gasteiger partial charge in [-0.05, 0) is 23.6 Å². The summed E-state index contributed by atoms with van der Waals surface area (Å²) in [7, 11) is 0. The molecule has 0 aliphatic carbocycles. The molecule has 0 unspecified atom stereocenters. The van der Waals surface area contributed by atoms with E-state index in [0.717, 1.165) is 16.7 Å². The summed E-state index contributed by atoms with van der Waals surface area (Å²) in [6.07, 6.45) is 0.513. The number of rotatable bonds is 5. The lowest BCUT2D eigenvalue weighted by Crippen LogP contribution is -2.23. The molecule has 0 spiro atoms. The SMILES string of the molecule is Cc1ccccc1CNC(=O)c1nnc(Cc2ccccc2)o1. The summed E-state index contributed by atoms with van der Waals surface area (Å²) < 4.78 is 5.43. The molecule has 0 aliphatic rings.